The van der Waals surface area contributed by atoms with E-state index in [0.29, 0.717) is 0 Å². The molecule has 1 aromatic heterocycles. The molecule has 2 rings (SSSR count). The maximum absolute atomic E-state index is 10.6. The summed E-state index contributed by atoms with van der Waals surface area (Å²) in [5, 5.41) is 14.2. The number of benzene rings is 1. The summed E-state index contributed by atoms with van der Waals surface area (Å²) >= 11 is 0. The SMILES string of the molecule is Cc1ccccc1CCN(C)Cc1ccncc1C.O=C(O)C(F)(F)F.O=C(O)C(F)(F)F. The quantitative estimate of drug-likeness (QED) is 0.604. The van der Waals surface area contributed by atoms with Gasteiger partial charge in [0.1, 0.15) is 0 Å². The normalized spacial score (nSPS) is 11.1. The molecule has 0 radical (unpaired) electrons. The van der Waals surface area contributed by atoms with Crippen LogP contribution in [0, 0.1) is 13.8 Å². The summed E-state index contributed by atoms with van der Waals surface area (Å²) in [6, 6.07) is 10.7. The van der Waals surface area contributed by atoms with E-state index in [2.05, 4.69) is 61.1 Å². The molecule has 0 fully saturated rings. The van der Waals surface area contributed by atoms with Crippen LogP contribution in [0.2, 0.25) is 0 Å². The zero-order valence-electron chi connectivity index (χ0n) is 18.0. The van der Waals surface area contributed by atoms with Crippen molar-refractivity contribution in [3.63, 3.8) is 0 Å². The van der Waals surface area contributed by atoms with Gasteiger partial charge in [0.15, 0.2) is 0 Å². The molecule has 0 spiro atoms. The van der Waals surface area contributed by atoms with Crippen molar-refractivity contribution in [1.82, 2.24) is 9.88 Å². The number of carboxylic acids is 2. The highest BCUT2D eigenvalue weighted by molar-refractivity contribution is 5.73. The maximum atomic E-state index is 10.6. The van der Waals surface area contributed by atoms with E-state index < -0.39 is 24.3 Å². The van der Waals surface area contributed by atoms with E-state index >= 15 is 0 Å². The third-order valence-corrected chi connectivity index (χ3v) is 4.09. The standard InChI is InChI=1S/C17H22N2.2C2HF3O2/c1-14-6-4-5-7-16(14)9-11-19(3)13-17-8-10-18-12-15(17)2;2*3-2(4,5)1(6)7/h4-8,10,12H,9,11,13H2,1-3H3;2*(H,6,7). The van der Waals surface area contributed by atoms with Gasteiger partial charge in [0.2, 0.25) is 0 Å². The van der Waals surface area contributed by atoms with Crippen LogP contribution >= 0.6 is 0 Å². The lowest BCUT2D eigenvalue weighted by Gasteiger charge is -2.18. The minimum Gasteiger partial charge on any atom is -0.475 e. The monoisotopic (exact) mass is 482 g/mol. The van der Waals surface area contributed by atoms with Crippen LogP contribution in [0.5, 0.6) is 0 Å². The highest BCUT2D eigenvalue weighted by atomic mass is 19.4. The average Bonchev–Trinajstić information content (AvgIpc) is 2.68. The number of aromatic nitrogens is 1. The predicted molar refractivity (Wildman–Crippen MR) is 108 cm³/mol. The van der Waals surface area contributed by atoms with E-state index in [1.807, 2.05) is 12.4 Å². The molecule has 0 atom stereocenters. The van der Waals surface area contributed by atoms with Crippen LogP contribution in [0.4, 0.5) is 26.3 Å². The van der Waals surface area contributed by atoms with Crippen LogP contribution < -0.4 is 0 Å². The van der Waals surface area contributed by atoms with Crippen LogP contribution in [0.15, 0.2) is 42.7 Å². The number of likely N-dealkylation sites (N-methyl/N-ethyl adjacent to an activating group) is 1. The van der Waals surface area contributed by atoms with Gasteiger partial charge in [0.25, 0.3) is 0 Å². The summed E-state index contributed by atoms with van der Waals surface area (Å²) in [6.45, 7) is 6.37. The van der Waals surface area contributed by atoms with Gasteiger partial charge in [-0.2, -0.15) is 26.3 Å². The van der Waals surface area contributed by atoms with E-state index in [0.717, 1.165) is 19.5 Å². The molecular weight excluding hydrogens is 458 g/mol. The van der Waals surface area contributed by atoms with Crippen LogP contribution in [0.1, 0.15) is 22.3 Å². The Hall–Kier alpha value is -3.15. The number of rotatable bonds is 5. The van der Waals surface area contributed by atoms with E-state index in [1.54, 1.807) is 0 Å². The van der Waals surface area contributed by atoms with Crippen LogP contribution in [-0.4, -0.2) is 58.0 Å². The molecule has 2 N–H and O–H groups in total. The summed E-state index contributed by atoms with van der Waals surface area (Å²) in [7, 11) is 2.18. The summed E-state index contributed by atoms with van der Waals surface area (Å²) in [4.78, 5) is 24.3. The molecule has 1 heterocycles. The summed E-state index contributed by atoms with van der Waals surface area (Å²) in [5.41, 5.74) is 5.46. The smallest absolute Gasteiger partial charge is 0.475 e. The number of hydrogen-bond acceptors (Lipinski definition) is 4. The van der Waals surface area contributed by atoms with Gasteiger partial charge in [-0.05, 0) is 55.6 Å². The number of aliphatic carboxylic acids is 2. The largest absolute Gasteiger partial charge is 0.490 e. The van der Waals surface area contributed by atoms with Crippen molar-refractivity contribution in [3.05, 3.63) is 65.0 Å². The Morgan fingerprint density at radius 1 is 0.879 bits per heavy atom. The van der Waals surface area contributed by atoms with Gasteiger partial charge in [-0.15, -0.1) is 0 Å². The van der Waals surface area contributed by atoms with Crippen molar-refractivity contribution < 1.29 is 46.1 Å². The Morgan fingerprint density at radius 3 is 1.79 bits per heavy atom. The third kappa shape index (κ3) is 13.1. The van der Waals surface area contributed by atoms with Crippen molar-refractivity contribution in [1.29, 1.82) is 0 Å². The molecular formula is C21H24F6N2O4. The molecule has 0 unspecified atom stereocenters. The van der Waals surface area contributed by atoms with E-state index in [9.17, 15) is 26.3 Å². The highest BCUT2D eigenvalue weighted by Crippen LogP contribution is 2.14. The minimum atomic E-state index is -5.08. The molecule has 2 aromatic rings. The lowest BCUT2D eigenvalue weighted by atomic mass is 10.1. The van der Waals surface area contributed by atoms with Gasteiger partial charge in [0, 0.05) is 25.5 Å². The molecule has 33 heavy (non-hydrogen) atoms. The van der Waals surface area contributed by atoms with Crippen molar-refractivity contribution in [2.24, 2.45) is 0 Å². The molecule has 6 nitrogen and oxygen atoms in total. The van der Waals surface area contributed by atoms with Crippen molar-refractivity contribution in [2.75, 3.05) is 13.6 Å². The first-order valence-corrected chi connectivity index (χ1v) is 9.28. The Balaban J connectivity index is 0.000000605. The molecule has 1 aromatic carbocycles. The molecule has 184 valence electrons. The molecule has 0 aliphatic heterocycles. The van der Waals surface area contributed by atoms with Gasteiger partial charge in [-0.3, -0.25) is 4.98 Å². The number of aryl methyl sites for hydroxylation is 2. The molecule has 0 aliphatic carbocycles. The van der Waals surface area contributed by atoms with E-state index in [4.69, 9.17) is 19.8 Å². The molecule has 0 bridgehead atoms. The summed E-state index contributed by atoms with van der Waals surface area (Å²) in [5.74, 6) is -5.51. The fourth-order valence-electron chi connectivity index (χ4n) is 2.25. The number of nitrogens with zero attached hydrogens (tertiary/aromatic N) is 2. The number of hydrogen-bond donors (Lipinski definition) is 2. The Kier molecular flexibility index (Phi) is 12.1. The highest BCUT2D eigenvalue weighted by Gasteiger charge is 2.38. The number of pyridine rings is 1. The number of carboxylic acid groups (broad SMARTS) is 2. The summed E-state index contributed by atoms with van der Waals surface area (Å²) < 4.78 is 63.5. The first kappa shape index (κ1) is 29.9. The number of halogens is 6. The van der Waals surface area contributed by atoms with Crippen molar-refractivity contribution in [2.45, 2.75) is 39.2 Å². The van der Waals surface area contributed by atoms with Gasteiger partial charge in [0.05, 0.1) is 0 Å². The van der Waals surface area contributed by atoms with Crippen molar-refractivity contribution in [3.8, 4) is 0 Å². The van der Waals surface area contributed by atoms with Crippen molar-refractivity contribution >= 4 is 11.9 Å². The molecule has 0 saturated carbocycles. The fraction of sp³-hybridized carbons (Fsp3) is 0.381. The minimum absolute atomic E-state index is 0.986. The Labute approximate surface area is 186 Å². The predicted octanol–water partition coefficient (Wildman–Crippen LogP) is 4.64. The molecule has 0 aliphatic rings. The third-order valence-electron chi connectivity index (χ3n) is 4.09. The molecule has 0 saturated heterocycles. The number of carbonyl (C=O) groups is 2. The lowest BCUT2D eigenvalue weighted by molar-refractivity contribution is -0.193. The van der Waals surface area contributed by atoms with Gasteiger partial charge in [-0.1, -0.05) is 24.3 Å². The van der Waals surface area contributed by atoms with Crippen LogP contribution in [-0.2, 0) is 22.6 Å². The van der Waals surface area contributed by atoms with Gasteiger partial charge in [-0.25, -0.2) is 9.59 Å². The summed E-state index contributed by atoms with van der Waals surface area (Å²) in [6.07, 6.45) is -5.25. The second-order valence-corrected chi connectivity index (χ2v) is 6.82. The molecule has 0 amide bonds. The Bertz CT molecular complexity index is 877. The zero-order chi connectivity index (χ0) is 25.8. The van der Waals surface area contributed by atoms with Gasteiger partial charge < -0.3 is 15.1 Å². The lowest BCUT2D eigenvalue weighted by Crippen LogP contribution is -2.21. The first-order valence-electron chi connectivity index (χ1n) is 9.28. The van der Waals surface area contributed by atoms with E-state index in [1.165, 1.54) is 22.3 Å². The zero-order valence-corrected chi connectivity index (χ0v) is 18.0. The van der Waals surface area contributed by atoms with Gasteiger partial charge >= 0.3 is 24.3 Å². The number of alkyl halides is 6. The fourth-order valence-corrected chi connectivity index (χ4v) is 2.25. The first-order chi connectivity index (χ1) is 15.1. The van der Waals surface area contributed by atoms with E-state index in [-0.39, 0.29) is 0 Å². The maximum Gasteiger partial charge on any atom is 0.490 e. The topological polar surface area (TPSA) is 90.7 Å². The molecule has 12 heteroatoms. The van der Waals surface area contributed by atoms with Crippen LogP contribution in [0.3, 0.4) is 0 Å². The second kappa shape index (κ2) is 13.4. The average molecular weight is 482 g/mol. The van der Waals surface area contributed by atoms with Crippen LogP contribution in [0.25, 0.3) is 0 Å². The Morgan fingerprint density at radius 2 is 1.36 bits per heavy atom. The second-order valence-electron chi connectivity index (χ2n) is 6.82.